The zero-order valence-electron chi connectivity index (χ0n) is 17.7. The van der Waals surface area contributed by atoms with Crippen LogP contribution < -0.4 is 5.32 Å². The monoisotopic (exact) mass is 407 g/mol. The SMILES string of the molecule is Cc1cccc(-n2nc(-c3cccn3C)cc2C(=O)NCCCN2CCOCC2)c1. The van der Waals surface area contributed by atoms with Gasteiger partial charge < -0.3 is 14.6 Å². The summed E-state index contributed by atoms with van der Waals surface area (Å²) in [6.45, 7) is 7.16. The third-order valence-corrected chi connectivity index (χ3v) is 5.43. The molecule has 1 amide bonds. The van der Waals surface area contributed by atoms with Crippen LogP contribution in [0.25, 0.3) is 17.1 Å². The maximum absolute atomic E-state index is 13.0. The molecule has 2 aromatic heterocycles. The fourth-order valence-corrected chi connectivity index (χ4v) is 3.77. The first-order chi connectivity index (χ1) is 14.6. The molecular weight excluding hydrogens is 378 g/mol. The summed E-state index contributed by atoms with van der Waals surface area (Å²) in [6, 6.07) is 13.9. The minimum absolute atomic E-state index is 0.105. The zero-order chi connectivity index (χ0) is 20.9. The van der Waals surface area contributed by atoms with Crippen molar-refractivity contribution in [2.75, 3.05) is 39.4 Å². The summed E-state index contributed by atoms with van der Waals surface area (Å²) in [5.41, 5.74) is 4.31. The summed E-state index contributed by atoms with van der Waals surface area (Å²) in [5.74, 6) is -0.105. The van der Waals surface area contributed by atoms with Crippen molar-refractivity contribution in [3.8, 4) is 17.1 Å². The molecule has 1 saturated heterocycles. The van der Waals surface area contributed by atoms with E-state index in [1.54, 1.807) is 4.68 Å². The van der Waals surface area contributed by atoms with Gasteiger partial charge in [0.2, 0.25) is 0 Å². The first-order valence-electron chi connectivity index (χ1n) is 10.5. The Morgan fingerprint density at radius 2 is 2.00 bits per heavy atom. The molecule has 0 radical (unpaired) electrons. The number of morpholine rings is 1. The lowest BCUT2D eigenvalue weighted by atomic mass is 10.2. The van der Waals surface area contributed by atoms with E-state index in [9.17, 15) is 4.79 Å². The number of benzene rings is 1. The normalized spacial score (nSPS) is 14.7. The van der Waals surface area contributed by atoms with Gasteiger partial charge in [-0.3, -0.25) is 9.69 Å². The van der Waals surface area contributed by atoms with E-state index in [1.165, 1.54) is 0 Å². The summed E-state index contributed by atoms with van der Waals surface area (Å²) >= 11 is 0. The molecule has 1 aliphatic heterocycles. The number of ether oxygens (including phenoxy) is 1. The van der Waals surface area contributed by atoms with E-state index < -0.39 is 0 Å². The number of aryl methyl sites for hydroxylation is 2. The first-order valence-corrected chi connectivity index (χ1v) is 10.5. The molecule has 0 aliphatic carbocycles. The number of hydrogen-bond acceptors (Lipinski definition) is 4. The molecule has 4 rings (SSSR count). The van der Waals surface area contributed by atoms with Crippen LogP contribution in [0.5, 0.6) is 0 Å². The Morgan fingerprint density at radius 1 is 1.17 bits per heavy atom. The van der Waals surface area contributed by atoms with Gasteiger partial charge in [0.15, 0.2) is 0 Å². The largest absolute Gasteiger partial charge is 0.379 e. The molecule has 0 unspecified atom stereocenters. The van der Waals surface area contributed by atoms with Crippen LogP contribution in [0, 0.1) is 6.92 Å². The maximum Gasteiger partial charge on any atom is 0.270 e. The molecule has 1 fully saturated rings. The van der Waals surface area contributed by atoms with E-state index in [0.29, 0.717) is 12.2 Å². The molecule has 3 aromatic rings. The van der Waals surface area contributed by atoms with Gasteiger partial charge in [-0.1, -0.05) is 12.1 Å². The number of nitrogens with zero attached hydrogens (tertiary/aromatic N) is 4. The van der Waals surface area contributed by atoms with Crippen LogP contribution in [0.3, 0.4) is 0 Å². The predicted molar refractivity (Wildman–Crippen MR) is 117 cm³/mol. The van der Waals surface area contributed by atoms with Crippen LogP contribution in [-0.2, 0) is 11.8 Å². The summed E-state index contributed by atoms with van der Waals surface area (Å²) in [5, 5.41) is 7.83. The summed E-state index contributed by atoms with van der Waals surface area (Å²) in [6.07, 6.45) is 2.89. The Bertz CT molecular complexity index is 1000. The molecule has 0 spiro atoms. The molecule has 7 nitrogen and oxygen atoms in total. The lowest BCUT2D eigenvalue weighted by Crippen LogP contribution is -2.38. The Balaban J connectivity index is 1.51. The van der Waals surface area contributed by atoms with E-state index in [4.69, 9.17) is 9.84 Å². The number of nitrogens with one attached hydrogen (secondary N) is 1. The Labute approximate surface area is 177 Å². The molecule has 0 saturated carbocycles. The molecule has 1 aliphatic rings. The van der Waals surface area contributed by atoms with E-state index in [2.05, 4.69) is 10.2 Å². The van der Waals surface area contributed by atoms with E-state index in [-0.39, 0.29) is 5.91 Å². The molecule has 30 heavy (non-hydrogen) atoms. The lowest BCUT2D eigenvalue weighted by molar-refractivity contribution is 0.0374. The molecule has 1 N–H and O–H groups in total. The van der Waals surface area contributed by atoms with Crippen molar-refractivity contribution < 1.29 is 9.53 Å². The van der Waals surface area contributed by atoms with Gasteiger partial charge in [-0.05, 0) is 55.8 Å². The van der Waals surface area contributed by atoms with E-state index in [1.807, 2.05) is 67.2 Å². The van der Waals surface area contributed by atoms with Crippen LogP contribution in [-0.4, -0.2) is 64.5 Å². The highest BCUT2D eigenvalue weighted by atomic mass is 16.5. The van der Waals surface area contributed by atoms with Crippen molar-refractivity contribution in [2.45, 2.75) is 13.3 Å². The van der Waals surface area contributed by atoms with Crippen molar-refractivity contribution in [1.82, 2.24) is 24.6 Å². The zero-order valence-corrected chi connectivity index (χ0v) is 17.7. The van der Waals surface area contributed by atoms with Gasteiger partial charge in [0, 0.05) is 32.9 Å². The van der Waals surface area contributed by atoms with Gasteiger partial charge in [0.05, 0.1) is 24.6 Å². The second-order valence-corrected chi connectivity index (χ2v) is 7.73. The Morgan fingerprint density at radius 3 is 2.73 bits per heavy atom. The highest BCUT2D eigenvalue weighted by molar-refractivity contribution is 5.94. The quantitative estimate of drug-likeness (QED) is 0.612. The topological polar surface area (TPSA) is 64.3 Å². The Kier molecular flexibility index (Phi) is 6.30. The number of amides is 1. The van der Waals surface area contributed by atoms with Crippen molar-refractivity contribution in [3.05, 3.63) is 59.9 Å². The first kappa shape index (κ1) is 20.4. The fraction of sp³-hybridized carbons (Fsp3) is 0.391. The second-order valence-electron chi connectivity index (χ2n) is 7.73. The third-order valence-electron chi connectivity index (χ3n) is 5.43. The van der Waals surface area contributed by atoms with Gasteiger partial charge in [0.25, 0.3) is 5.91 Å². The summed E-state index contributed by atoms with van der Waals surface area (Å²) in [7, 11) is 1.98. The standard InChI is InChI=1S/C23H29N5O2/c1-18-6-3-7-19(16-18)28-22(17-20(25-28)21-8-4-10-26(21)2)23(29)24-9-5-11-27-12-14-30-15-13-27/h3-4,6-8,10,16-17H,5,9,11-15H2,1-2H3,(H,24,29). The number of hydrogen-bond donors (Lipinski definition) is 1. The van der Waals surface area contributed by atoms with Gasteiger partial charge in [-0.2, -0.15) is 5.10 Å². The third kappa shape index (κ3) is 4.63. The van der Waals surface area contributed by atoms with E-state index in [0.717, 1.165) is 61.9 Å². The lowest BCUT2D eigenvalue weighted by Gasteiger charge is -2.26. The van der Waals surface area contributed by atoms with Crippen molar-refractivity contribution in [3.63, 3.8) is 0 Å². The second kappa shape index (κ2) is 9.28. The predicted octanol–water partition coefficient (Wildman–Crippen LogP) is 2.64. The van der Waals surface area contributed by atoms with Gasteiger partial charge in [-0.25, -0.2) is 4.68 Å². The number of rotatable bonds is 7. The van der Waals surface area contributed by atoms with Crippen molar-refractivity contribution in [1.29, 1.82) is 0 Å². The van der Waals surface area contributed by atoms with Crippen molar-refractivity contribution in [2.24, 2.45) is 7.05 Å². The van der Waals surface area contributed by atoms with Gasteiger partial charge in [0.1, 0.15) is 11.4 Å². The van der Waals surface area contributed by atoms with Crippen LogP contribution >= 0.6 is 0 Å². The Hall–Kier alpha value is -2.90. The molecule has 0 bridgehead atoms. The van der Waals surface area contributed by atoms with E-state index >= 15 is 0 Å². The molecule has 3 heterocycles. The molecule has 7 heteroatoms. The molecule has 1 aromatic carbocycles. The summed E-state index contributed by atoms with van der Waals surface area (Å²) in [4.78, 5) is 15.4. The minimum atomic E-state index is -0.105. The average molecular weight is 408 g/mol. The van der Waals surface area contributed by atoms with Crippen LogP contribution in [0.4, 0.5) is 0 Å². The van der Waals surface area contributed by atoms with Gasteiger partial charge in [-0.15, -0.1) is 0 Å². The molecule has 0 atom stereocenters. The fourth-order valence-electron chi connectivity index (χ4n) is 3.77. The maximum atomic E-state index is 13.0. The average Bonchev–Trinajstić information content (AvgIpc) is 3.38. The number of carbonyl (C=O) groups excluding carboxylic acids is 1. The number of carbonyl (C=O) groups is 1. The highest BCUT2D eigenvalue weighted by Crippen LogP contribution is 2.22. The molecular formula is C23H29N5O2. The number of aromatic nitrogens is 3. The van der Waals surface area contributed by atoms with Gasteiger partial charge >= 0.3 is 0 Å². The van der Waals surface area contributed by atoms with Crippen LogP contribution in [0.1, 0.15) is 22.5 Å². The summed E-state index contributed by atoms with van der Waals surface area (Å²) < 4.78 is 9.13. The van der Waals surface area contributed by atoms with Crippen LogP contribution in [0.15, 0.2) is 48.7 Å². The molecule has 158 valence electrons. The smallest absolute Gasteiger partial charge is 0.270 e. The highest BCUT2D eigenvalue weighted by Gasteiger charge is 2.19. The van der Waals surface area contributed by atoms with Crippen molar-refractivity contribution >= 4 is 5.91 Å². The minimum Gasteiger partial charge on any atom is -0.379 e. The van der Waals surface area contributed by atoms with Crippen LogP contribution in [0.2, 0.25) is 0 Å².